The van der Waals surface area contributed by atoms with Crippen LogP contribution in [0.5, 0.6) is 0 Å². The number of nitrogens with one attached hydrogen (secondary N) is 2. The fourth-order valence-corrected chi connectivity index (χ4v) is 1.19. The van der Waals surface area contributed by atoms with E-state index in [0.29, 0.717) is 12.1 Å². The van der Waals surface area contributed by atoms with Gasteiger partial charge in [0, 0.05) is 26.2 Å². The van der Waals surface area contributed by atoms with Gasteiger partial charge >= 0.3 is 0 Å². The van der Waals surface area contributed by atoms with E-state index in [1.165, 1.54) is 0 Å². The summed E-state index contributed by atoms with van der Waals surface area (Å²) in [5, 5.41) is 6.41. The maximum Gasteiger partial charge on any atom is 0.0860 e. The van der Waals surface area contributed by atoms with E-state index in [2.05, 4.69) is 10.6 Å². The number of methoxy groups -OCH3 is 1. The van der Waals surface area contributed by atoms with E-state index in [0.717, 1.165) is 13.1 Å². The molecule has 2 N–H and O–H groups in total. The highest BCUT2D eigenvalue weighted by Crippen LogP contribution is 2.01. The zero-order valence-electron chi connectivity index (χ0n) is 6.79. The Balaban J connectivity index is 0. The number of hydrogen-bond donors (Lipinski definition) is 2. The Bertz CT molecular complexity index is 84.7. The third kappa shape index (κ3) is 3.58. The lowest BCUT2D eigenvalue weighted by Gasteiger charge is -2.14. The minimum atomic E-state index is 0. The Labute approximate surface area is 80.1 Å². The van der Waals surface area contributed by atoms with Crippen molar-refractivity contribution in [1.82, 2.24) is 10.6 Å². The molecule has 0 amide bonds. The molecule has 1 rings (SSSR count). The van der Waals surface area contributed by atoms with Crippen LogP contribution in [0.2, 0.25) is 0 Å². The number of ether oxygens (including phenoxy) is 1. The van der Waals surface area contributed by atoms with Crippen LogP contribution in [0.15, 0.2) is 0 Å². The second kappa shape index (κ2) is 7.13. The molecular formula is C6H16Cl2N2O. The molecule has 5 heteroatoms. The smallest absolute Gasteiger partial charge is 0.0860 e. The van der Waals surface area contributed by atoms with Gasteiger partial charge < -0.3 is 15.4 Å². The highest BCUT2D eigenvalue weighted by molar-refractivity contribution is 5.85. The molecule has 2 atom stereocenters. The van der Waals surface area contributed by atoms with E-state index in [1.54, 1.807) is 7.11 Å². The van der Waals surface area contributed by atoms with Gasteiger partial charge in [0.2, 0.25) is 0 Å². The average molecular weight is 203 g/mol. The molecule has 0 radical (unpaired) electrons. The Hall–Kier alpha value is 0.460. The minimum Gasteiger partial charge on any atom is -0.378 e. The first-order valence-corrected chi connectivity index (χ1v) is 3.29. The summed E-state index contributed by atoms with van der Waals surface area (Å²) in [7, 11) is 3.71. The number of rotatable bonds is 2. The average Bonchev–Trinajstić information content (AvgIpc) is 2.33. The van der Waals surface area contributed by atoms with E-state index in [-0.39, 0.29) is 24.8 Å². The molecule has 70 valence electrons. The predicted molar refractivity (Wildman–Crippen MR) is 51.0 cm³/mol. The lowest BCUT2D eigenvalue weighted by atomic mass is 10.2. The van der Waals surface area contributed by atoms with Gasteiger partial charge in [-0.05, 0) is 7.05 Å². The van der Waals surface area contributed by atoms with Gasteiger partial charge in [-0.1, -0.05) is 0 Å². The second-order valence-electron chi connectivity index (χ2n) is 2.33. The summed E-state index contributed by atoms with van der Waals surface area (Å²) in [6, 6.07) is 0.495. The van der Waals surface area contributed by atoms with Crippen molar-refractivity contribution in [3.05, 3.63) is 0 Å². The topological polar surface area (TPSA) is 33.3 Å². The third-order valence-electron chi connectivity index (χ3n) is 1.83. The van der Waals surface area contributed by atoms with E-state index in [4.69, 9.17) is 4.74 Å². The summed E-state index contributed by atoms with van der Waals surface area (Å²) < 4.78 is 5.19. The quantitative estimate of drug-likeness (QED) is 0.664. The van der Waals surface area contributed by atoms with Gasteiger partial charge in [0.05, 0.1) is 6.10 Å². The summed E-state index contributed by atoms with van der Waals surface area (Å²) in [4.78, 5) is 0. The number of likely N-dealkylation sites (N-methyl/N-ethyl adjacent to an activating group) is 1. The third-order valence-corrected chi connectivity index (χ3v) is 1.83. The van der Waals surface area contributed by atoms with Crippen molar-refractivity contribution in [2.75, 3.05) is 27.2 Å². The van der Waals surface area contributed by atoms with Crippen LogP contribution < -0.4 is 10.6 Å². The molecule has 0 saturated carbocycles. The Morgan fingerprint density at radius 3 is 2.36 bits per heavy atom. The van der Waals surface area contributed by atoms with Crippen LogP contribution in [-0.2, 0) is 4.74 Å². The van der Waals surface area contributed by atoms with E-state index in [1.807, 2.05) is 7.05 Å². The molecule has 3 nitrogen and oxygen atoms in total. The standard InChI is InChI=1S/C6H14N2O.2ClH/c1-7-5-3-8-4-6(5)9-2;;/h5-8H,3-4H2,1-2H3;2*1H/t5-,6-;;/m0../s1. The largest absolute Gasteiger partial charge is 0.378 e. The van der Waals surface area contributed by atoms with E-state index < -0.39 is 0 Å². The fourth-order valence-electron chi connectivity index (χ4n) is 1.19. The molecule has 1 saturated heterocycles. The molecule has 0 spiro atoms. The van der Waals surface area contributed by atoms with Crippen LogP contribution in [0.25, 0.3) is 0 Å². The molecule has 1 heterocycles. The Morgan fingerprint density at radius 2 is 2.00 bits per heavy atom. The lowest BCUT2D eigenvalue weighted by molar-refractivity contribution is 0.0987. The van der Waals surface area contributed by atoms with Crippen LogP contribution in [0, 0.1) is 0 Å². The first kappa shape index (κ1) is 14.0. The van der Waals surface area contributed by atoms with Crippen molar-refractivity contribution in [2.24, 2.45) is 0 Å². The van der Waals surface area contributed by atoms with Crippen molar-refractivity contribution >= 4 is 24.8 Å². The van der Waals surface area contributed by atoms with Crippen molar-refractivity contribution in [3.63, 3.8) is 0 Å². The van der Waals surface area contributed by atoms with Crippen LogP contribution in [0.3, 0.4) is 0 Å². The van der Waals surface area contributed by atoms with Gasteiger partial charge in [0.1, 0.15) is 0 Å². The van der Waals surface area contributed by atoms with E-state index >= 15 is 0 Å². The maximum absolute atomic E-state index is 5.19. The summed E-state index contributed by atoms with van der Waals surface area (Å²) in [5.74, 6) is 0. The molecule has 1 fully saturated rings. The van der Waals surface area contributed by atoms with Crippen LogP contribution in [0.4, 0.5) is 0 Å². The first-order chi connectivity index (χ1) is 4.38. The molecule has 1 aliphatic heterocycles. The second-order valence-corrected chi connectivity index (χ2v) is 2.33. The van der Waals surface area contributed by atoms with E-state index in [9.17, 15) is 0 Å². The highest BCUT2D eigenvalue weighted by Gasteiger charge is 2.24. The molecule has 0 aromatic rings. The summed E-state index contributed by atoms with van der Waals surface area (Å²) in [6.45, 7) is 2.00. The lowest BCUT2D eigenvalue weighted by Crippen LogP contribution is -2.37. The first-order valence-electron chi connectivity index (χ1n) is 3.29. The van der Waals surface area contributed by atoms with Gasteiger partial charge in [-0.3, -0.25) is 0 Å². The molecule has 0 aromatic heterocycles. The molecule has 1 aliphatic rings. The zero-order valence-corrected chi connectivity index (χ0v) is 8.43. The molecule has 0 aromatic carbocycles. The maximum atomic E-state index is 5.19. The van der Waals surface area contributed by atoms with Crippen LogP contribution in [-0.4, -0.2) is 39.4 Å². The number of hydrogen-bond acceptors (Lipinski definition) is 3. The molecule has 11 heavy (non-hydrogen) atoms. The number of halogens is 2. The molecule has 0 bridgehead atoms. The summed E-state index contributed by atoms with van der Waals surface area (Å²) in [6.07, 6.45) is 0.356. The summed E-state index contributed by atoms with van der Waals surface area (Å²) >= 11 is 0. The van der Waals surface area contributed by atoms with Gasteiger partial charge in [0.25, 0.3) is 0 Å². The normalized spacial score (nSPS) is 28.9. The minimum absolute atomic E-state index is 0. The predicted octanol–water partition coefficient (Wildman–Crippen LogP) is 0.0362. The monoisotopic (exact) mass is 202 g/mol. The molecule has 0 aliphatic carbocycles. The summed E-state index contributed by atoms with van der Waals surface area (Å²) in [5.41, 5.74) is 0. The van der Waals surface area contributed by atoms with Gasteiger partial charge in [0.15, 0.2) is 0 Å². The zero-order chi connectivity index (χ0) is 6.69. The van der Waals surface area contributed by atoms with Gasteiger partial charge in [-0.2, -0.15) is 0 Å². The molecule has 0 unspecified atom stereocenters. The Kier molecular flexibility index (Phi) is 9.08. The van der Waals surface area contributed by atoms with Crippen molar-refractivity contribution in [3.8, 4) is 0 Å². The van der Waals surface area contributed by atoms with Crippen molar-refractivity contribution in [1.29, 1.82) is 0 Å². The van der Waals surface area contributed by atoms with Gasteiger partial charge in [-0.25, -0.2) is 0 Å². The Morgan fingerprint density at radius 1 is 1.36 bits per heavy atom. The van der Waals surface area contributed by atoms with Crippen LogP contribution >= 0.6 is 24.8 Å². The van der Waals surface area contributed by atoms with Crippen molar-refractivity contribution in [2.45, 2.75) is 12.1 Å². The molecular weight excluding hydrogens is 187 g/mol. The van der Waals surface area contributed by atoms with Crippen LogP contribution in [0.1, 0.15) is 0 Å². The fraction of sp³-hybridized carbons (Fsp3) is 1.00. The SMILES string of the molecule is CN[C@H]1CNC[C@@H]1OC.Cl.Cl. The highest BCUT2D eigenvalue weighted by atomic mass is 35.5. The van der Waals surface area contributed by atoms with Gasteiger partial charge in [-0.15, -0.1) is 24.8 Å². The van der Waals surface area contributed by atoms with Crippen molar-refractivity contribution < 1.29 is 4.74 Å².